The van der Waals surface area contributed by atoms with Crippen molar-refractivity contribution in [2.24, 2.45) is 11.7 Å². The molecule has 3 N–H and O–H groups in total. The molecule has 1 heterocycles. The first kappa shape index (κ1) is 11.2. The highest BCUT2D eigenvalue weighted by Gasteiger charge is 2.11. The minimum Gasteiger partial charge on any atom is -0.346 e. The smallest absolute Gasteiger partial charge is 0.110 e. The van der Waals surface area contributed by atoms with Gasteiger partial charge in [-0.05, 0) is 18.8 Å². The van der Waals surface area contributed by atoms with Crippen LogP contribution >= 0.6 is 0 Å². The van der Waals surface area contributed by atoms with Gasteiger partial charge in [0.15, 0.2) is 0 Å². The van der Waals surface area contributed by atoms with E-state index in [2.05, 4.69) is 30.7 Å². The van der Waals surface area contributed by atoms with Gasteiger partial charge in [-0.25, -0.2) is 4.98 Å². The highest BCUT2D eigenvalue weighted by atomic mass is 14.9. The van der Waals surface area contributed by atoms with E-state index in [1.807, 2.05) is 6.20 Å². The summed E-state index contributed by atoms with van der Waals surface area (Å²) in [7, 11) is 0. The summed E-state index contributed by atoms with van der Waals surface area (Å²) in [6, 6.07) is 0. The first-order valence-electron chi connectivity index (χ1n) is 5.41. The van der Waals surface area contributed by atoms with Gasteiger partial charge in [0.2, 0.25) is 0 Å². The molecule has 0 saturated heterocycles. The molecule has 0 spiro atoms. The van der Waals surface area contributed by atoms with Crippen LogP contribution in [-0.2, 0) is 6.42 Å². The summed E-state index contributed by atoms with van der Waals surface area (Å²) in [5.41, 5.74) is 6.89. The molecule has 0 aromatic carbocycles. The van der Waals surface area contributed by atoms with E-state index in [0.717, 1.165) is 18.7 Å². The van der Waals surface area contributed by atoms with Gasteiger partial charge >= 0.3 is 0 Å². The number of hydrogen-bond donors (Lipinski definition) is 2. The maximum atomic E-state index is 5.67. The Bertz CT molecular complexity index is 261. The van der Waals surface area contributed by atoms with Crippen molar-refractivity contribution in [1.82, 2.24) is 9.97 Å². The lowest BCUT2D eigenvalue weighted by Crippen LogP contribution is -2.13. The molecule has 0 aliphatic heterocycles. The first-order chi connectivity index (χ1) is 6.67. The Kier molecular flexibility index (Phi) is 4.14. The zero-order chi connectivity index (χ0) is 10.6. The van der Waals surface area contributed by atoms with E-state index in [4.69, 9.17) is 5.73 Å². The lowest BCUT2D eigenvalue weighted by Gasteiger charge is -2.08. The Hall–Kier alpha value is -0.830. The maximum Gasteiger partial charge on any atom is 0.110 e. The molecule has 0 saturated carbocycles. The fourth-order valence-corrected chi connectivity index (χ4v) is 1.60. The van der Waals surface area contributed by atoms with E-state index in [-0.39, 0.29) is 0 Å². The van der Waals surface area contributed by atoms with Gasteiger partial charge in [-0.3, -0.25) is 0 Å². The highest BCUT2D eigenvalue weighted by molar-refractivity contribution is 5.06. The van der Waals surface area contributed by atoms with Gasteiger partial charge in [0.1, 0.15) is 5.82 Å². The second kappa shape index (κ2) is 5.15. The molecular weight excluding hydrogens is 174 g/mol. The van der Waals surface area contributed by atoms with Crippen LogP contribution in [0.1, 0.15) is 44.6 Å². The summed E-state index contributed by atoms with van der Waals surface area (Å²) in [5.74, 6) is 2.10. The average molecular weight is 195 g/mol. The number of H-pyrrole nitrogens is 1. The van der Waals surface area contributed by atoms with E-state index < -0.39 is 0 Å². The predicted molar refractivity (Wildman–Crippen MR) is 59.2 cm³/mol. The molecule has 0 aliphatic rings. The van der Waals surface area contributed by atoms with Crippen molar-refractivity contribution >= 4 is 0 Å². The van der Waals surface area contributed by atoms with Crippen molar-refractivity contribution in [2.45, 2.75) is 39.5 Å². The molecule has 0 aliphatic carbocycles. The quantitative estimate of drug-likeness (QED) is 0.755. The Morgan fingerprint density at radius 3 is 2.71 bits per heavy atom. The van der Waals surface area contributed by atoms with Crippen molar-refractivity contribution < 1.29 is 0 Å². The molecule has 0 amide bonds. The number of imidazole rings is 1. The summed E-state index contributed by atoms with van der Waals surface area (Å²) in [6.45, 7) is 7.23. The number of rotatable bonds is 5. The third kappa shape index (κ3) is 2.84. The van der Waals surface area contributed by atoms with E-state index >= 15 is 0 Å². The lowest BCUT2D eigenvalue weighted by atomic mass is 10.1. The number of hydrogen-bond acceptors (Lipinski definition) is 2. The number of aromatic amines is 1. The molecular formula is C11H21N3. The molecule has 3 nitrogen and oxygen atoms in total. The Morgan fingerprint density at radius 2 is 2.21 bits per heavy atom. The Labute approximate surface area is 86.1 Å². The van der Waals surface area contributed by atoms with Crippen LogP contribution < -0.4 is 5.73 Å². The molecule has 3 heteroatoms. The monoisotopic (exact) mass is 195 g/mol. The van der Waals surface area contributed by atoms with Gasteiger partial charge in [0.05, 0.1) is 0 Å². The van der Waals surface area contributed by atoms with Crippen LogP contribution in [0.2, 0.25) is 0 Å². The SMILES string of the molecule is CCC(CN)c1ncc(CC(C)C)[nH]1. The number of nitrogens with one attached hydrogen (secondary N) is 1. The van der Waals surface area contributed by atoms with Crippen molar-refractivity contribution in [2.75, 3.05) is 6.54 Å². The summed E-state index contributed by atoms with van der Waals surface area (Å²) < 4.78 is 0. The average Bonchev–Trinajstić information content (AvgIpc) is 2.54. The minimum absolute atomic E-state index is 0.385. The molecule has 80 valence electrons. The summed E-state index contributed by atoms with van der Waals surface area (Å²) in [4.78, 5) is 7.73. The van der Waals surface area contributed by atoms with Crippen LogP contribution in [0.5, 0.6) is 0 Å². The first-order valence-corrected chi connectivity index (χ1v) is 5.41. The fraction of sp³-hybridized carbons (Fsp3) is 0.727. The molecule has 0 bridgehead atoms. The van der Waals surface area contributed by atoms with Crippen LogP contribution in [0.4, 0.5) is 0 Å². The van der Waals surface area contributed by atoms with E-state index in [0.29, 0.717) is 18.4 Å². The number of nitrogens with two attached hydrogens (primary N) is 1. The molecule has 1 aromatic heterocycles. The molecule has 14 heavy (non-hydrogen) atoms. The van der Waals surface area contributed by atoms with Crippen LogP contribution in [0.15, 0.2) is 6.20 Å². The van der Waals surface area contributed by atoms with Crippen molar-refractivity contribution in [3.63, 3.8) is 0 Å². The summed E-state index contributed by atoms with van der Waals surface area (Å²) in [6.07, 6.45) is 4.05. The zero-order valence-corrected chi connectivity index (χ0v) is 9.38. The largest absolute Gasteiger partial charge is 0.346 e. The van der Waals surface area contributed by atoms with Gasteiger partial charge in [-0.2, -0.15) is 0 Å². The minimum atomic E-state index is 0.385. The van der Waals surface area contributed by atoms with Gasteiger partial charge in [0.25, 0.3) is 0 Å². The summed E-state index contributed by atoms with van der Waals surface area (Å²) >= 11 is 0. The molecule has 1 unspecified atom stereocenters. The Balaban J connectivity index is 2.66. The van der Waals surface area contributed by atoms with Crippen LogP contribution in [0.25, 0.3) is 0 Å². The highest BCUT2D eigenvalue weighted by Crippen LogP contribution is 2.15. The third-order valence-corrected chi connectivity index (χ3v) is 2.44. The van der Waals surface area contributed by atoms with Gasteiger partial charge in [-0.1, -0.05) is 20.8 Å². The van der Waals surface area contributed by atoms with Crippen molar-refractivity contribution in [1.29, 1.82) is 0 Å². The standard InChI is InChI=1S/C11H21N3/c1-4-9(6-12)11-13-7-10(14-11)5-8(2)3/h7-9H,4-6,12H2,1-3H3,(H,13,14). The predicted octanol–water partition coefficient (Wildman–Crippen LogP) is 2.06. The Morgan fingerprint density at radius 1 is 1.50 bits per heavy atom. The molecule has 0 radical (unpaired) electrons. The second-order valence-corrected chi connectivity index (χ2v) is 4.23. The third-order valence-electron chi connectivity index (χ3n) is 2.44. The lowest BCUT2D eigenvalue weighted by molar-refractivity contribution is 0.619. The number of nitrogens with zero attached hydrogens (tertiary/aromatic N) is 1. The molecule has 1 atom stereocenters. The normalized spacial score (nSPS) is 13.5. The van der Waals surface area contributed by atoms with Gasteiger partial charge in [0, 0.05) is 24.4 Å². The maximum absolute atomic E-state index is 5.67. The number of aromatic nitrogens is 2. The molecule has 1 aromatic rings. The van der Waals surface area contributed by atoms with Crippen LogP contribution in [0.3, 0.4) is 0 Å². The fourth-order valence-electron chi connectivity index (χ4n) is 1.60. The van der Waals surface area contributed by atoms with Crippen LogP contribution in [0, 0.1) is 5.92 Å². The second-order valence-electron chi connectivity index (χ2n) is 4.23. The van der Waals surface area contributed by atoms with Gasteiger partial charge in [-0.15, -0.1) is 0 Å². The zero-order valence-electron chi connectivity index (χ0n) is 9.38. The van der Waals surface area contributed by atoms with E-state index in [1.165, 1.54) is 5.69 Å². The summed E-state index contributed by atoms with van der Waals surface area (Å²) in [5, 5.41) is 0. The van der Waals surface area contributed by atoms with Crippen molar-refractivity contribution in [3.05, 3.63) is 17.7 Å². The van der Waals surface area contributed by atoms with E-state index in [9.17, 15) is 0 Å². The topological polar surface area (TPSA) is 54.7 Å². The van der Waals surface area contributed by atoms with Crippen molar-refractivity contribution in [3.8, 4) is 0 Å². The van der Waals surface area contributed by atoms with Crippen LogP contribution in [-0.4, -0.2) is 16.5 Å². The van der Waals surface area contributed by atoms with E-state index in [1.54, 1.807) is 0 Å². The molecule has 1 rings (SSSR count). The molecule has 0 fully saturated rings. The van der Waals surface area contributed by atoms with Gasteiger partial charge < -0.3 is 10.7 Å².